The molecule has 10 nitrogen and oxygen atoms in total. The highest BCUT2D eigenvalue weighted by Crippen LogP contribution is 2.27. The molecule has 4 aromatic carbocycles. The Morgan fingerprint density at radius 1 is 0.729 bits per heavy atom. The molecule has 250 valence electrons. The van der Waals surface area contributed by atoms with Crippen molar-refractivity contribution in [3.8, 4) is 17.2 Å². The van der Waals surface area contributed by atoms with Gasteiger partial charge in [0.05, 0.1) is 41.6 Å². The first kappa shape index (κ1) is 35.5. The van der Waals surface area contributed by atoms with E-state index in [0.29, 0.717) is 60.1 Å². The molecule has 0 aromatic heterocycles. The summed E-state index contributed by atoms with van der Waals surface area (Å²) >= 11 is 0. The maximum Gasteiger partial charge on any atom is 0.343 e. The summed E-state index contributed by atoms with van der Waals surface area (Å²) in [5, 5.41) is 17.5. The number of nitrogens with zero attached hydrogens (tertiary/aromatic N) is 2. The summed E-state index contributed by atoms with van der Waals surface area (Å²) in [5.74, 6) is -0.0940. The maximum absolute atomic E-state index is 12.8. The number of carbonyl (C=O) groups excluding carboxylic acids is 3. The Bertz CT molecular complexity index is 1680. The molecule has 10 heteroatoms. The Kier molecular flexibility index (Phi) is 13.4. The van der Waals surface area contributed by atoms with Crippen LogP contribution in [0.4, 0.5) is 11.4 Å². The number of hydrogen-bond acceptors (Lipinski definition) is 10. The highest BCUT2D eigenvalue weighted by molar-refractivity contribution is 5.93. The molecular formula is C38H40N2O8. The monoisotopic (exact) mass is 652 g/mol. The summed E-state index contributed by atoms with van der Waals surface area (Å²) in [6.07, 6.45) is 2.77. The van der Waals surface area contributed by atoms with E-state index in [2.05, 4.69) is 10.2 Å². The van der Waals surface area contributed by atoms with E-state index in [4.69, 9.17) is 24.1 Å². The number of ether oxygens (including phenoxy) is 4. The van der Waals surface area contributed by atoms with Crippen molar-refractivity contribution in [2.45, 2.75) is 46.5 Å². The van der Waals surface area contributed by atoms with Gasteiger partial charge in [-0.25, -0.2) is 9.59 Å². The van der Waals surface area contributed by atoms with Gasteiger partial charge in [0, 0.05) is 6.61 Å². The third-order valence-electron chi connectivity index (χ3n) is 7.44. The molecule has 0 radical (unpaired) electrons. The largest absolute Gasteiger partial charge is 0.494 e. The fourth-order valence-corrected chi connectivity index (χ4v) is 4.33. The molecule has 0 heterocycles. The lowest BCUT2D eigenvalue weighted by atomic mass is 10.1. The van der Waals surface area contributed by atoms with Crippen LogP contribution in [0.3, 0.4) is 0 Å². The Morgan fingerprint density at radius 3 is 1.94 bits per heavy atom. The molecule has 0 aliphatic heterocycles. The second kappa shape index (κ2) is 18.1. The van der Waals surface area contributed by atoms with E-state index in [1.807, 2.05) is 45.0 Å². The number of rotatable bonds is 16. The smallest absolute Gasteiger partial charge is 0.343 e. The van der Waals surface area contributed by atoms with Crippen molar-refractivity contribution in [3.05, 3.63) is 113 Å². The van der Waals surface area contributed by atoms with Crippen LogP contribution in [-0.4, -0.2) is 42.8 Å². The molecule has 0 spiro atoms. The Labute approximate surface area is 280 Å². The van der Waals surface area contributed by atoms with E-state index in [-0.39, 0.29) is 29.8 Å². The van der Waals surface area contributed by atoms with Crippen molar-refractivity contribution >= 4 is 29.3 Å². The Morgan fingerprint density at radius 2 is 1.31 bits per heavy atom. The summed E-state index contributed by atoms with van der Waals surface area (Å²) in [7, 11) is 0. The molecule has 0 saturated carbocycles. The fraction of sp³-hybridized carbons (Fsp3) is 0.289. The van der Waals surface area contributed by atoms with Gasteiger partial charge in [0.15, 0.2) is 0 Å². The predicted octanol–water partition coefficient (Wildman–Crippen LogP) is 8.13. The van der Waals surface area contributed by atoms with Crippen molar-refractivity contribution in [3.63, 3.8) is 0 Å². The third kappa shape index (κ3) is 10.9. The quantitative estimate of drug-likeness (QED) is 0.0555. The number of hydrogen-bond donors (Lipinski definition) is 1. The molecular weight excluding hydrogens is 612 g/mol. The Hall–Kier alpha value is -5.35. The predicted molar refractivity (Wildman–Crippen MR) is 181 cm³/mol. The second-order valence-electron chi connectivity index (χ2n) is 11.2. The molecule has 0 saturated heterocycles. The van der Waals surface area contributed by atoms with Crippen molar-refractivity contribution in [1.82, 2.24) is 0 Å². The summed E-state index contributed by atoms with van der Waals surface area (Å²) < 4.78 is 22.0. The molecule has 1 unspecified atom stereocenters. The number of unbranched alkanes of at least 4 members (excludes halogenated alkanes) is 1. The molecule has 0 amide bonds. The summed E-state index contributed by atoms with van der Waals surface area (Å²) in [5.41, 5.74) is 3.65. The topological polar surface area (TPSA) is 133 Å². The van der Waals surface area contributed by atoms with Gasteiger partial charge in [0.25, 0.3) is 0 Å². The van der Waals surface area contributed by atoms with Crippen LogP contribution < -0.4 is 14.2 Å². The van der Waals surface area contributed by atoms with E-state index in [9.17, 15) is 14.4 Å². The van der Waals surface area contributed by atoms with E-state index in [1.54, 1.807) is 42.5 Å². The van der Waals surface area contributed by atoms with E-state index >= 15 is 0 Å². The van der Waals surface area contributed by atoms with Crippen LogP contribution in [0.1, 0.15) is 65.0 Å². The molecule has 1 N–H and O–H groups in total. The van der Waals surface area contributed by atoms with Gasteiger partial charge < -0.3 is 24.1 Å². The number of azo groups is 1. The van der Waals surface area contributed by atoms with E-state index in [0.717, 1.165) is 18.4 Å². The van der Waals surface area contributed by atoms with Crippen LogP contribution in [0.25, 0.3) is 0 Å². The van der Waals surface area contributed by atoms with Gasteiger partial charge in [-0.05, 0) is 123 Å². The van der Waals surface area contributed by atoms with Crippen LogP contribution in [0.2, 0.25) is 0 Å². The summed E-state index contributed by atoms with van der Waals surface area (Å²) in [4.78, 5) is 37.1. The maximum atomic E-state index is 12.8. The van der Waals surface area contributed by atoms with Gasteiger partial charge in [-0.1, -0.05) is 26.0 Å². The van der Waals surface area contributed by atoms with Crippen LogP contribution >= 0.6 is 0 Å². The molecule has 4 aromatic rings. The van der Waals surface area contributed by atoms with E-state index < -0.39 is 11.9 Å². The third-order valence-corrected chi connectivity index (χ3v) is 7.44. The van der Waals surface area contributed by atoms with Gasteiger partial charge in [-0.3, -0.25) is 4.79 Å². The van der Waals surface area contributed by atoms with Gasteiger partial charge in [0.1, 0.15) is 17.2 Å². The first-order chi connectivity index (χ1) is 23.2. The lowest BCUT2D eigenvalue weighted by Gasteiger charge is -2.10. The van der Waals surface area contributed by atoms with Crippen LogP contribution in [0.5, 0.6) is 17.2 Å². The van der Waals surface area contributed by atoms with Gasteiger partial charge >= 0.3 is 17.9 Å². The minimum Gasteiger partial charge on any atom is -0.494 e. The molecule has 0 aliphatic rings. The number of carbonyl (C=O) groups is 3. The van der Waals surface area contributed by atoms with Gasteiger partial charge in [-0.15, -0.1) is 0 Å². The lowest BCUT2D eigenvalue weighted by Crippen LogP contribution is -2.15. The zero-order valence-corrected chi connectivity index (χ0v) is 27.4. The zero-order chi connectivity index (χ0) is 34.3. The van der Waals surface area contributed by atoms with Gasteiger partial charge in [-0.2, -0.15) is 10.2 Å². The SMILES string of the molecule is CCC(C)C(=O)OCCCCOc1ccc(C(=O)Oc2ccc(C(=O)Oc3ccc(N=Nc4ccc(CCO)cc4)cc3C)cc2)cc1. The number of aliphatic hydroxyl groups excluding tert-OH is 1. The van der Waals surface area contributed by atoms with Crippen molar-refractivity contribution in [2.75, 3.05) is 19.8 Å². The molecule has 0 aliphatic carbocycles. The summed E-state index contributed by atoms with van der Waals surface area (Å²) in [6.45, 7) is 6.53. The van der Waals surface area contributed by atoms with Crippen LogP contribution in [0.15, 0.2) is 101 Å². The first-order valence-corrected chi connectivity index (χ1v) is 15.9. The van der Waals surface area contributed by atoms with Crippen molar-refractivity contribution in [1.29, 1.82) is 0 Å². The molecule has 4 rings (SSSR count). The average Bonchev–Trinajstić information content (AvgIpc) is 3.10. The molecule has 48 heavy (non-hydrogen) atoms. The number of benzene rings is 4. The minimum atomic E-state index is -0.559. The highest BCUT2D eigenvalue weighted by atomic mass is 16.5. The standard InChI is InChI=1S/C38H40N2O8/c1-4-26(2)36(42)46-24-6-5-23-45-33-16-9-29(10-17-33)37(43)47-34-18-11-30(12-19-34)38(44)48-35-20-15-32(25-27(35)3)40-39-31-13-7-28(8-14-31)21-22-41/h7-20,25-26,41H,4-6,21-24H2,1-3H3. The number of aryl methyl sites for hydroxylation is 1. The van der Waals surface area contributed by atoms with Crippen LogP contribution in [0, 0.1) is 12.8 Å². The average molecular weight is 653 g/mol. The molecule has 0 fully saturated rings. The van der Waals surface area contributed by atoms with Crippen LogP contribution in [-0.2, 0) is 16.0 Å². The van der Waals surface area contributed by atoms with Crippen molar-refractivity contribution in [2.24, 2.45) is 16.1 Å². The fourth-order valence-electron chi connectivity index (χ4n) is 4.33. The normalized spacial score (nSPS) is 11.6. The van der Waals surface area contributed by atoms with Gasteiger partial charge in [0.2, 0.25) is 0 Å². The molecule has 1 atom stereocenters. The minimum absolute atomic E-state index is 0.0884. The second-order valence-corrected chi connectivity index (χ2v) is 11.2. The van der Waals surface area contributed by atoms with Crippen molar-refractivity contribution < 1.29 is 38.4 Å². The Balaban J connectivity index is 1.21. The van der Waals surface area contributed by atoms with E-state index in [1.165, 1.54) is 24.3 Å². The molecule has 0 bridgehead atoms. The zero-order valence-electron chi connectivity index (χ0n) is 27.4. The highest BCUT2D eigenvalue weighted by Gasteiger charge is 2.14. The lowest BCUT2D eigenvalue weighted by molar-refractivity contribution is -0.148. The summed E-state index contributed by atoms with van der Waals surface area (Å²) in [6, 6.07) is 25.3. The first-order valence-electron chi connectivity index (χ1n) is 15.9. The number of esters is 3. The number of aliphatic hydroxyl groups is 1.